The molecule has 130 valence electrons. The van der Waals surface area contributed by atoms with Crippen molar-refractivity contribution in [2.45, 2.75) is 51.4 Å². The molecule has 0 atom stereocenters. The summed E-state index contributed by atoms with van der Waals surface area (Å²) in [6.07, 6.45) is 7.35. The number of fused-ring (bicyclic) bond motifs is 1. The van der Waals surface area contributed by atoms with Gasteiger partial charge < -0.3 is 10.1 Å². The van der Waals surface area contributed by atoms with Gasteiger partial charge in [-0.3, -0.25) is 9.59 Å². The van der Waals surface area contributed by atoms with E-state index < -0.39 is 0 Å². The minimum absolute atomic E-state index is 0.0493. The van der Waals surface area contributed by atoms with Crippen molar-refractivity contribution < 1.29 is 14.3 Å². The Balaban J connectivity index is 1.29. The van der Waals surface area contributed by atoms with Gasteiger partial charge in [0.15, 0.2) is 5.78 Å². The summed E-state index contributed by atoms with van der Waals surface area (Å²) in [5.74, 6) is 0.796. The molecule has 2 aliphatic rings. The first kappa shape index (κ1) is 17.2. The molecule has 3 rings (SSSR count). The molecular weight excluding hydrogens is 302 g/mol. The number of hydrogen-bond donors (Lipinski definition) is 1. The van der Waals surface area contributed by atoms with Gasteiger partial charge in [0, 0.05) is 38.2 Å². The van der Waals surface area contributed by atoms with Crippen LogP contribution in [0.25, 0.3) is 0 Å². The van der Waals surface area contributed by atoms with Crippen LogP contribution in [0.3, 0.4) is 0 Å². The zero-order valence-electron chi connectivity index (χ0n) is 14.3. The first-order valence-electron chi connectivity index (χ1n) is 9.22. The normalized spacial score (nSPS) is 16.0. The lowest BCUT2D eigenvalue weighted by Gasteiger charge is -2.07. The molecule has 4 nitrogen and oxygen atoms in total. The number of amides is 1. The summed E-state index contributed by atoms with van der Waals surface area (Å²) in [6.45, 7) is 2.19. The molecule has 0 heterocycles. The predicted octanol–water partition coefficient (Wildman–Crippen LogP) is 3.07. The van der Waals surface area contributed by atoms with E-state index in [0.717, 1.165) is 37.4 Å². The SMILES string of the molecule is O=C(CCC(=O)c1ccc2c(c1)CCC2)NCCCOCC1CC1. The van der Waals surface area contributed by atoms with Gasteiger partial charge >= 0.3 is 0 Å². The Hall–Kier alpha value is -1.68. The van der Waals surface area contributed by atoms with Crippen molar-refractivity contribution >= 4 is 11.7 Å². The van der Waals surface area contributed by atoms with Gasteiger partial charge in [-0.05, 0) is 61.6 Å². The highest BCUT2D eigenvalue weighted by Gasteiger charge is 2.20. The third kappa shape index (κ3) is 5.17. The Morgan fingerprint density at radius 2 is 1.96 bits per heavy atom. The van der Waals surface area contributed by atoms with Gasteiger partial charge in [-0.15, -0.1) is 0 Å². The number of nitrogens with one attached hydrogen (secondary N) is 1. The molecule has 1 saturated carbocycles. The monoisotopic (exact) mass is 329 g/mol. The second-order valence-corrected chi connectivity index (χ2v) is 6.98. The fourth-order valence-electron chi connectivity index (χ4n) is 3.14. The summed E-state index contributed by atoms with van der Waals surface area (Å²) in [5.41, 5.74) is 3.42. The van der Waals surface area contributed by atoms with E-state index >= 15 is 0 Å². The Kier molecular flexibility index (Phi) is 6.02. The maximum atomic E-state index is 12.2. The molecular formula is C20H27NO3. The van der Waals surface area contributed by atoms with Gasteiger partial charge in [-0.1, -0.05) is 12.1 Å². The zero-order chi connectivity index (χ0) is 16.8. The van der Waals surface area contributed by atoms with Crippen LogP contribution in [0.15, 0.2) is 18.2 Å². The number of carbonyl (C=O) groups excluding carboxylic acids is 2. The average Bonchev–Trinajstić information content (AvgIpc) is 3.30. The van der Waals surface area contributed by atoms with E-state index in [0.29, 0.717) is 13.2 Å². The van der Waals surface area contributed by atoms with Crippen molar-refractivity contribution in [3.63, 3.8) is 0 Å². The number of ketones is 1. The highest BCUT2D eigenvalue weighted by Crippen LogP contribution is 2.28. The van der Waals surface area contributed by atoms with Gasteiger partial charge in [-0.2, -0.15) is 0 Å². The lowest BCUT2D eigenvalue weighted by atomic mass is 10.0. The molecule has 0 radical (unpaired) electrons. The van der Waals surface area contributed by atoms with Crippen LogP contribution in [0.2, 0.25) is 0 Å². The molecule has 0 unspecified atom stereocenters. The summed E-state index contributed by atoms with van der Waals surface area (Å²) in [4.78, 5) is 24.0. The molecule has 0 spiro atoms. The zero-order valence-corrected chi connectivity index (χ0v) is 14.3. The topological polar surface area (TPSA) is 55.4 Å². The summed E-state index contributed by atoms with van der Waals surface area (Å²) < 4.78 is 5.53. The highest BCUT2D eigenvalue weighted by molar-refractivity contribution is 5.98. The molecule has 2 aliphatic carbocycles. The Morgan fingerprint density at radius 1 is 1.12 bits per heavy atom. The quantitative estimate of drug-likeness (QED) is 0.530. The molecule has 1 N–H and O–H groups in total. The molecule has 4 heteroatoms. The highest BCUT2D eigenvalue weighted by atomic mass is 16.5. The molecule has 0 bridgehead atoms. The minimum Gasteiger partial charge on any atom is -0.381 e. The molecule has 0 saturated heterocycles. The number of Topliss-reactive ketones (excluding diaryl/α,β-unsaturated/α-hetero) is 1. The van der Waals surface area contributed by atoms with Crippen LogP contribution in [0.4, 0.5) is 0 Å². The lowest BCUT2D eigenvalue weighted by molar-refractivity contribution is -0.121. The Morgan fingerprint density at radius 3 is 2.79 bits per heavy atom. The van der Waals surface area contributed by atoms with Gasteiger partial charge in [0.1, 0.15) is 0 Å². The van der Waals surface area contributed by atoms with E-state index in [1.54, 1.807) is 0 Å². The van der Waals surface area contributed by atoms with Gasteiger partial charge in [0.05, 0.1) is 0 Å². The molecule has 1 aromatic rings. The van der Waals surface area contributed by atoms with Gasteiger partial charge in [0.2, 0.25) is 5.91 Å². The second-order valence-electron chi connectivity index (χ2n) is 6.98. The van der Waals surface area contributed by atoms with Crippen molar-refractivity contribution in [1.29, 1.82) is 0 Å². The number of benzene rings is 1. The smallest absolute Gasteiger partial charge is 0.220 e. The molecule has 1 amide bonds. The second kappa shape index (κ2) is 8.43. The molecule has 1 fully saturated rings. The van der Waals surface area contributed by atoms with Crippen molar-refractivity contribution in [3.8, 4) is 0 Å². The van der Waals surface area contributed by atoms with Gasteiger partial charge in [0.25, 0.3) is 0 Å². The predicted molar refractivity (Wildman–Crippen MR) is 93.2 cm³/mol. The summed E-state index contributed by atoms with van der Waals surface area (Å²) >= 11 is 0. The van der Waals surface area contributed by atoms with E-state index in [9.17, 15) is 9.59 Å². The summed E-state index contributed by atoms with van der Waals surface area (Å²) in [6, 6.07) is 5.98. The molecule has 0 aromatic heterocycles. The van der Waals surface area contributed by atoms with E-state index in [1.165, 1.54) is 30.4 Å². The molecule has 24 heavy (non-hydrogen) atoms. The third-order valence-electron chi connectivity index (χ3n) is 4.84. The maximum Gasteiger partial charge on any atom is 0.220 e. The van der Waals surface area contributed by atoms with Crippen LogP contribution in [0.5, 0.6) is 0 Å². The first-order chi connectivity index (χ1) is 11.7. The van der Waals surface area contributed by atoms with Crippen molar-refractivity contribution in [2.75, 3.05) is 19.8 Å². The van der Waals surface area contributed by atoms with Crippen molar-refractivity contribution in [2.24, 2.45) is 5.92 Å². The molecule has 1 aromatic carbocycles. The number of aryl methyl sites for hydroxylation is 2. The van der Waals surface area contributed by atoms with E-state index in [2.05, 4.69) is 11.4 Å². The van der Waals surface area contributed by atoms with Crippen molar-refractivity contribution in [1.82, 2.24) is 5.32 Å². The number of hydrogen-bond acceptors (Lipinski definition) is 3. The summed E-state index contributed by atoms with van der Waals surface area (Å²) in [5, 5.41) is 2.86. The van der Waals surface area contributed by atoms with Crippen LogP contribution in [0, 0.1) is 5.92 Å². The van der Waals surface area contributed by atoms with E-state index in [-0.39, 0.29) is 24.5 Å². The standard InChI is InChI=1S/C20H27NO3/c22-19(18-8-7-16-3-1-4-17(16)13-18)9-10-20(23)21-11-2-12-24-14-15-5-6-15/h7-8,13,15H,1-6,9-12,14H2,(H,21,23). The number of rotatable bonds is 10. The average molecular weight is 329 g/mol. The fourth-order valence-corrected chi connectivity index (χ4v) is 3.14. The Labute approximate surface area is 144 Å². The largest absolute Gasteiger partial charge is 0.381 e. The maximum absolute atomic E-state index is 12.2. The van der Waals surface area contributed by atoms with Crippen LogP contribution in [-0.4, -0.2) is 31.4 Å². The van der Waals surface area contributed by atoms with Gasteiger partial charge in [-0.25, -0.2) is 0 Å². The third-order valence-corrected chi connectivity index (χ3v) is 4.84. The van der Waals surface area contributed by atoms with Crippen LogP contribution in [-0.2, 0) is 22.4 Å². The molecule has 0 aliphatic heterocycles. The first-order valence-corrected chi connectivity index (χ1v) is 9.22. The number of carbonyl (C=O) groups is 2. The van der Waals surface area contributed by atoms with Crippen LogP contribution in [0.1, 0.15) is 60.0 Å². The number of ether oxygens (including phenoxy) is 1. The van der Waals surface area contributed by atoms with Crippen molar-refractivity contribution in [3.05, 3.63) is 34.9 Å². The van der Waals surface area contributed by atoms with E-state index in [1.807, 2.05) is 12.1 Å². The summed E-state index contributed by atoms with van der Waals surface area (Å²) in [7, 11) is 0. The minimum atomic E-state index is -0.0493. The fraction of sp³-hybridized carbons (Fsp3) is 0.600. The van der Waals surface area contributed by atoms with Crippen LogP contribution >= 0.6 is 0 Å². The lowest BCUT2D eigenvalue weighted by Crippen LogP contribution is -2.25. The Bertz CT molecular complexity index is 593. The van der Waals surface area contributed by atoms with Crippen LogP contribution < -0.4 is 5.32 Å². The van der Waals surface area contributed by atoms with E-state index in [4.69, 9.17) is 4.74 Å².